The van der Waals surface area contributed by atoms with E-state index in [-0.39, 0.29) is 11.3 Å². The van der Waals surface area contributed by atoms with E-state index in [2.05, 4.69) is 33.8 Å². The van der Waals surface area contributed by atoms with Gasteiger partial charge in [-0.25, -0.2) is 8.78 Å². The summed E-state index contributed by atoms with van der Waals surface area (Å²) in [4.78, 5) is 6.29. The molecule has 1 aromatic heterocycles. The molecule has 0 bridgehead atoms. The van der Waals surface area contributed by atoms with Crippen molar-refractivity contribution in [1.29, 1.82) is 0 Å². The minimum atomic E-state index is -2.84. The Morgan fingerprint density at radius 3 is 2.31 bits per heavy atom. The van der Waals surface area contributed by atoms with Gasteiger partial charge >= 0.3 is 6.43 Å². The van der Waals surface area contributed by atoms with Gasteiger partial charge in [-0.05, 0) is 55.9 Å². The third kappa shape index (κ3) is 4.69. The topological polar surface area (TPSA) is 48.6 Å². The van der Waals surface area contributed by atoms with Crippen LogP contribution in [0.3, 0.4) is 0 Å². The molecule has 2 aliphatic heterocycles. The van der Waals surface area contributed by atoms with Crippen molar-refractivity contribution in [3.63, 3.8) is 0 Å². The molecule has 3 aromatic rings. The minimum absolute atomic E-state index is 0.00773. The molecule has 2 saturated heterocycles. The van der Waals surface area contributed by atoms with Gasteiger partial charge in [0.25, 0.3) is 5.89 Å². The van der Waals surface area contributed by atoms with E-state index in [4.69, 9.17) is 16.6 Å². The van der Waals surface area contributed by atoms with E-state index >= 15 is 0 Å². The molecule has 6 nitrogen and oxygen atoms in total. The van der Waals surface area contributed by atoms with Crippen molar-refractivity contribution < 1.29 is 22.0 Å². The highest BCUT2D eigenvalue weighted by Gasteiger charge is 2.53. The maximum atomic E-state index is 14.1. The van der Waals surface area contributed by atoms with E-state index in [1.54, 1.807) is 29.2 Å². The highest BCUT2D eigenvalue weighted by atomic mass is 32.1. The van der Waals surface area contributed by atoms with Gasteiger partial charge in [0.05, 0.1) is 6.54 Å². The lowest BCUT2D eigenvalue weighted by Gasteiger charge is -2.62. The fourth-order valence-electron chi connectivity index (χ4n) is 4.75. The molecule has 0 amide bonds. The molecule has 2 aromatic carbocycles. The average molecular weight is 520 g/mol. The number of hydrogen-bond donors (Lipinski definition) is 0. The monoisotopic (exact) mass is 519 g/mol. The third-order valence-corrected chi connectivity index (χ3v) is 7.22. The second-order valence-corrected chi connectivity index (χ2v) is 10.1. The molecule has 0 saturated carbocycles. The van der Waals surface area contributed by atoms with Crippen molar-refractivity contribution in [2.24, 2.45) is 5.41 Å². The van der Waals surface area contributed by atoms with Crippen molar-refractivity contribution in [3.8, 4) is 11.5 Å². The predicted molar refractivity (Wildman–Crippen MR) is 131 cm³/mol. The first-order valence-corrected chi connectivity index (χ1v) is 12.0. The highest BCUT2D eigenvalue weighted by Crippen LogP contribution is 2.41. The number of hydrogen-bond acceptors (Lipinski definition) is 5. The summed E-state index contributed by atoms with van der Waals surface area (Å²) in [5, 5.41) is 7.55. The Morgan fingerprint density at radius 1 is 1.03 bits per heavy atom. The summed E-state index contributed by atoms with van der Waals surface area (Å²) in [5.41, 5.74) is 1.99. The summed E-state index contributed by atoms with van der Waals surface area (Å²) >= 11 is 5.81. The van der Waals surface area contributed by atoms with Crippen molar-refractivity contribution in [3.05, 3.63) is 65.6 Å². The van der Waals surface area contributed by atoms with Crippen molar-refractivity contribution in [2.45, 2.75) is 32.9 Å². The lowest BCUT2D eigenvalue weighted by atomic mass is 9.72. The fraction of sp³-hybridized carbons (Fsp3) is 0.400. The summed E-state index contributed by atoms with van der Waals surface area (Å²) in [6.07, 6.45) is -2.84. The molecule has 0 aliphatic carbocycles. The molecule has 2 aliphatic rings. The molecule has 5 rings (SSSR count). The van der Waals surface area contributed by atoms with Crippen LogP contribution in [0.2, 0.25) is 0 Å². The zero-order valence-corrected chi connectivity index (χ0v) is 20.6. The number of halogens is 4. The Labute approximate surface area is 211 Å². The van der Waals surface area contributed by atoms with Crippen LogP contribution in [0.4, 0.5) is 23.2 Å². The van der Waals surface area contributed by atoms with E-state index < -0.39 is 24.0 Å². The van der Waals surface area contributed by atoms with Crippen LogP contribution in [0.1, 0.15) is 31.7 Å². The summed E-state index contributed by atoms with van der Waals surface area (Å²) < 4.78 is 58.2. The van der Waals surface area contributed by atoms with Crippen molar-refractivity contribution in [1.82, 2.24) is 20.0 Å². The Balaban J connectivity index is 1.33. The number of aromatic nitrogens is 2. The summed E-state index contributed by atoms with van der Waals surface area (Å²) in [6.45, 7) is 8.35. The summed E-state index contributed by atoms with van der Waals surface area (Å²) in [6, 6.07) is 11.2. The standard InChI is InChI=1S/C25H25F4N5OS/c1-15(2)32-11-25(12-32)13-33(14-25)24(36)34(18-7-8-19(26)20(27)9-18)10-16-3-5-17(6-4-16)22-30-31-23(35-22)21(28)29/h3-9,15,21H,10-14H2,1-2H3. The summed E-state index contributed by atoms with van der Waals surface area (Å²) in [7, 11) is 0. The molecular weight excluding hydrogens is 494 g/mol. The van der Waals surface area contributed by atoms with Gasteiger partial charge in [-0.1, -0.05) is 12.1 Å². The van der Waals surface area contributed by atoms with Gasteiger partial charge in [-0.2, -0.15) is 8.78 Å². The molecule has 3 heterocycles. The minimum Gasteiger partial charge on any atom is -0.415 e. The first-order chi connectivity index (χ1) is 17.1. The summed E-state index contributed by atoms with van der Waals surface area (Å²) in [5.74, 6) is -2.62. The third-order valence-electron chi connectivity index (χ3n) is 6.75. The molecule has 0 unspecified atom stereocenters. The van der Waals surface area contributed by atoms with Gasteiger partial charge in [0.1, 0.15) is 0 Å². The van der Waals surface area contributed by atoms with Gasteiger partial charge < -0.3 is 14.2 Å². The van der Waals surface area contributed by atoms with Crippen molar-refractivity contribution in [2.75, 3.05) is 31.1 Å². The van der Waals surface area contributed by atoms with Gasteiger partial charge in [0.2, 0.25) is 5.89 Å². The molecule has 0 atom stereocenters. The number of alkyl halides is 2. The van der Waals surface area contributed by atoms with Gasteiger partial charge in [-0.3, -0.25) is 4.90 Å². The van der Waals surface area contributed by atoms with E-state index in [0.29, 0.717) is 28.9 Å². The number of likely N-dealkylation sites (tertiary alicyclic amines) is 2. The number of thiocarbonyl (C=S) groups is 1. The SMILES string of the molecule is CC(C)N1CC2(CN(C(=S)N(Cc3ccc(-c4nnc(C(F)F)o4)cc3)c3ccc(F)c(F)c3)C2)C1. The molecular formula is C25H25F4N5OS. The van der Waals surface area contributed by atoms with Gasteiger partial charge in [0.15, 0.2) is 16.7 Å². The van der Waals surface area contributed by atoms with Crippen LogP contribution in [0.5, 0.6) is 0 Å². The quantitative estimate of drug-likeness (QED) is 0.325. The lowest BCUT2D eigenvalue weighted by molar-refractivity contribution is -0.0993. The van der Waals surface area contributed by atoms with Crippen LogP contribution in [0, 0.1) is 17.0 Å². The average Bonchev–Trinajstić information content (AvgIpc) is 3.28. The number of rotatable bonds is 6. The lowest BCUT2D eigenvalue weighted by Crippen LogP contribution is -2.74. The van der Waals surface area contributed by atoms with E-state index in [1.807, 2.05) is 0 Å². The smallest absolute Gasteiger partial charge is 0.314 e. The van der Waals surface area contributed by atoms with E-state index in [9.17, 15) is 17.6 Å². The van der Waals surface area contributed by atoms with E-state index in [1.165, 1.54) is 6.07 Å². The normalized spacial score (nSPS) is 16.9. The number of nitrogens with zero attached hydrogens (tertiary/aromatic N) is 5. The van der Waals surface area contributed by atoms with Gasteiger partial charge in [-0.15, -0.1) is 10.2 Å². The second-order valence-electron chi connectivity index (χ2n) is 9.76. The van der Waals surface area contributed by atoms with Crippen LogP contribution in [0.25, 0.3) is 11.5 Å². The molecule has 2 fully saturated rings. The second kappa shape index (κ2) is 9.44. The molecule has 1 spiro atoms. The van der Waals surface area contributed by atoms with Crippen LogP contribution in [-0.4, -0.2) is 57.3 Å². The first kappa shape index (κ1) is 24.6. The molecule has 11 heteroatoms. The number of benzene rings is 2. The maximum absolute atomic E-state index is 14.1. The number of anilines is 1. The van der Waals surface area contributed by atoms with Crippen LogP contribution in [0.15, 0.2) is 46.9 Å². The van der Waals surface area contributed by atoms with E-state index in [0.717, 1.165) is 43.9 Å². The van der Waals surface area contributed by atoms with Crippen LogP contribution >= 0.6 is 12.2 Å². The van der Waals surface area contributed by atoms with Gasteiger partial charge in [0, 0.05) is 55.0 Å². The molecule has 36 heavy (non-hydrogen) atoms. The zero-order chi connectivity index (χ0) is 25.6. The van der Waals surface area contributed by atoms with Crippen LogP contribution < -0.4 is 4.90 Å². The Morgan fingerprint density at radius 2 is 1.72 bits per heavy atom. The predicted octanol–water partition coefficient (Wildman–Crippen LogP) is 5.27. The zero-order valence-electron chi connectivity index (χ0n) is 19.8. The molecule has 190 valence electrons. The Hall–Kier alpha value is -3.05. The first-order valence-electron chi connectivity index (χ1n) is 11.6. The largest absolute Gasteiger partial charge is 0.415 e. The fourth-order valence-corrected chi connectivity index (χ4v) is 5.05. The Bertz CT molecular complexity index is 1250. The van der Waals surface area contributed by atoms with Crippen molar-refractivity contribution >= 4 is 23.0 Å². The molecule has 0 N–H and O–H groups in total. The Kier molecular flexibility index (Phi) is 6.46. The highest BCUT2D eigenvalue weighted by molar-refractivity contribution is 7.80. The van der Waals surface area contributed by atoms with Crippen LogP contribution in [-0.2, 0) is 6.54 Å². The molecule has 0 radical (unpaired) electrons. The maximum Gasteiger partial charge on any atom is 0.314 e.